The molecule has 1 aromatic carbocycles. The number of phenols is 1. The zero-order chi connectivity index (χ0) is 11.6. The average molecular weight is 213 g/mol. The van der Waals surface area contributed by atoms with E-state index >= 15 is 0 Å². The fourth-order valence-electron chi connectivity index (χ4n) is 1.23. The van der Waals surface area contributed by atoms with Gasteiger partial charge in [-0.15, -0.1) is 0 Å². The molecule has 1 atom stereocenters. The Labute approximate surface area is 86.1 Å². The molecule has 0 fully saturated rings. The molecule has 0 aromatic heterocycles. The minimum absolute atomic E-state index is 0.0510. The van der Waals surface area contributed by atoms with E-state index in [0.717, 1.165) is 0 Å². The zero-order valence-electron chi connectivity index (χ0n) is 8.20. The Balaban J connectivity index is 3.03. The Morgan fingerprint density at radius 3 is 2.73 bits per heavy atom. The van der Waals surface area contributed by atoms with Gasteiger partial charge in [0.05, 0.1) is 0 Å². The van der Waals surface area contributed by atoms with Gasteiger partial charge in [-0.3, -0.25) is 4.79 Å². The second-order valence-electron chi connectivity index (χ2n) is 3.34. The van der Waals surface area contributed by atoms with Crippen molar-refractivity contribution in [1.82, 2.24) is 0 Å². The Morgan fingerprint density at radius 1 is 1.60 bits per heavy atom. The second-order valence-corrected chi connectivity index (χ2v) is 3.34. The summed E-state index contributed by atoms with van der Waals surface area (Å²) in [4.78, 5) is 10.5. The van der Waals surface area contributed by atoms with Crippen molar-refractivity contribution < 1.29 is 19.4 Å². The van der Waals surface area contributed by atoms with Crippen LogP contribution in [0.3, 0.4) is 0 Å². The van der Waals surface area contributed by atoms with Gasteiger partial charge < -0.3 is 15.9 Å². The van der Waals surface area contributed by atoms with Gasteiger partial charge in [-0.25, -0.2) is 4.39 Å². The van der Waals surface area contributed by atoms with Crippen molar-refractivity contribution in [3.63, 3.8) is 0 Å². The lowest BCUT2D eigenvalue weighted by Crippen LogP contribution is -2.32. The summed E-state index contributed by atoms with van der Waals surface area (Å²) in [5.41, 5.74) is 5.56. The molecule has 0 aliphatic rings. The lowest BCUT2D eigenvalue weighted by molar-refractivity contribution is -0.138. The maximum atomic E-state index is 13.5. The molecule has 0 heterocycles. The summed E-state index contributed by atoms with van der Waals surface area (Å²) in [5.74, 6) is -2.10. The fourth-order valence-corrected chi connectivity index (χ4v) is 1.23. The number of carboxylic acid groups (broad SMARTS) is 1. The van der Waals surface area contributed by atoms with Crippen LogP contribution < -0.4 is 5.73 Å². The van der Waals surface area contributed by atoms with Crippen LogP contribution >= 0.6 is 0 Å². The number of aromatic hydroxyl groups is 1. The van der Waals surface area contributed by atoms with E-state index in [-0.39, 0.29) is 17.7 Å². The van der Waals surface area contributed by atoms with Crippen LogP contribution in [0.25, 0.3) is 0 Å². The summed E-state index contributed by atoms with van der Waals surface area (Å²) >= 11 is 0. The van der Waals surface area contributed by atoms with Crippen LogP contribution in [0.5, 0.6) is 5.75 Å². The summed E-state index contributed by atoms with van der Waals surface area (Å²) in [6.45, 7) is 1.53. The lowest BCUT2D eigenvalue weighted by Gasteiger charge is -2.10. The molecule has 5 heteroatoms. The van der Waals surface area contributed by atoms with Crippen LogP contribution in [-0.4, -0.2) is 22.2 Å². The monoisotopic (exact) mass is 213 g/mol. The standard InChI is InChI=1S/C10H12FNO3/c1-5-2-3-8(13)6(9(5)11)4-7(12)10(14)15/h2-3,7,13H,4,12H2,1H3,(H,14,15). The second kappa shape index (κ2) is 4.27. The predicted octanol–water partition coefficient (Wildman–Crippen LogP) is 0.794. The van der Waals surface area contributed by atoms with Gasteiger partial charge in [0.1, 0.15) is 17.6 Å². The Morgan fingerprint density at radius 2 is 2.20 bits per heavy atom. The van der Waals surface area contributed by atoms with Crippen LogP contribution in [0.4, 0.5) is 4.39 Å². The van der Waals surface area contributed by atoms with Crippen molar-refractivity contribution in [2.75, 3.05) is 0 Å². The quantitative estimate of drug-likeness (QED) is 0.693. The molecule has 1 unspecified atom stereocenters. The highest BCUT2D eigenvalue weighted by atomic mass is 19.1. The number of aryl methyl sites for hydroxylation is 1. The molecule has 1 rings (SSSR count). The molecule has 15 heavy (non-hydrogen) atoms. The highest BCUT2D eigenvalue weighted by Crippen LogP contribution is 2.23. The van der Waals surface area contributed by atoms with E-state index in [1.54, 1.807) is 0 Å². The van der Waals surface area contributed by atoms with Crippen molar-refractivity contribution in [1.29, 1.82) is 0 Å². The van der Waals surface area contributed by atoms with Crippen LogP contribution in [0, 0.1) is 12.7 Å². The number of benzene rings is 1. The molecule has 0 aliphatic carbocycles. The number of carboxylic acids is 1. The van der Waals surface area contributed by atoms with Crippen LogP contribution in [-0.2, 0) is 11.2 Å². The van der Waals surface area contributed by atoms with Crippen molar-refractivity contribution in [3.05, 3.63) is 29.1 Å². The number of carbonyl (C=O) groups is 1. The zero-order valence-corrected chi connectivity index (χ0v) is 8.20. The molecule has 0 saturated heterocycles. The number of hydrogen-bond acceptors (Lipinski definition) is 3. The molecule has 0 aliphatic heterocycles. The van der Waals surface area contributed by atoms with E-state index in [0.29, 0.717) is 5.56 Å². The molecule has 4 N–H and O–H groups in total. The predicted molar refractivity (Wildman–Crippen MR) is 52.1 cm³/mol. The molecule has 0 spiro atoms. The van der Waals surface area contributed by atoms with Gasteiger partial charge in [0.2, 0.25) is 0 Å². The first-order chi connectivity index (χ1) is 6.93. The van der Waals surface area contributed by atoms with Gasteiger partial charge >= 0.3 is 5.97 Å². The molecule has 0 saturated carbocycles. The Bertz CT molecular complexity index is 392. The van der Waals surface area contributed by atoms with Crippen LogP contribution in [0.15, 0.2) is 12.1 Å². The molecule has 4 nitrogen and oxygen atoms in total. The van der Waals surface area contributed by atoms with E-state index in [1.807, 2.05) is 0 Å². The van der Waals surface area contributed by atoms with Gasteiger partial charge in [0.25, 0.3) is 0 Å². The largest absolute Gasteiger partial charge is 0.508 e. The van der Waals surface area contributed by atoms with E-state index in [1.165, 1.54) is 19.1 Å². The van der Waals surface area contributed by atoms with Gasteiger partial charge in [0.15, 0.2) is 0 Å². The minimum atomic E-state index is -1.23. The van der Waals surface area contributed by atoms with E-state index in [9.17, 15) is 14.3 Å². The van der Waals surface area contributed by atoms with Gasteiger partial charge in [-0.05, 0) is 18.6 Å². The van der Waals surface area contributed by atoms with E-state index in [4.69, 9.17) is 10.8 Å². The summed E-state index contributed by atoms with van der Waals surface area (Å²) in [5, 5.41) is 17.9. The van der Waals surface area contributed by atoms with Gasteiger partial charge in [-0.2, -0.15) is 0 Å². The number of phenolic OH excluding ortho intramolecular Hbond substituents is 1. The third-order valence-electron chi connectivity index (χ3n) is 2.15. The number of nitrogens with two attached hydrogens (primary N) is 1. The number of aliphatic carboxylic acids is 1. The van der Waals surface area contributed by atoms with Crippen LogP contribution in [0.2, 0.25) is 0 Å². The Kier molecular flexibility index (Phi) is 3.26. The average Bonchev–Trinajstić information content (AvgIpc) is 2.18. The maximum absolute atomic E-state index is 13.5. The minimum Gasteiger partial charge on any atom is -0.508 e. The highest BCUT2D eigenvalue weighted by molar-refractivity contribution is 5.73. The first kappa shape index (κ1) is 11.5. The molecule has 0 amide bonds. The number of rotatable bonds is 3. The lowest BCUT2D eigenvalue weighted by atomic mass is 10.0. The number of halogens is 1. The smallest absolute Gasteiger partial charge is 0.320 e. The van der Waals surface area contributed by atoms with Gasteiger partial charge in [-0.1, -0.05) is 6.07 Å². The third kappa shape index (κ3) is 2.44. The van der Waals surface area contributed by atoms with E-state index in [2.05, 4.69) is 0 Å². The van der Waals surface area contributed by atoms with Crippen molar-refractivity contribution in [2.45, 2.75) is 19.4 Å². The third-order valence-corrected chi connectivity index (χ3v) is 2.15. The molecular weight excluding hydrogens is 201 g/mol. The van der Waals surface area contributed by atoms with Crippen LogP contribution in [0.1, 0.15) is 11.1 Å². The molecule has 0 radical (unpaired) electrons. The normalized spacial score (nSPS) is 12.5. The molecule has 82 valence electrons. The molecular formula is C10H12FNO3. The molecule has 0 bridgehead atoms. The maximum Gasteiger partial charge on any atom is 0.320 e. The molecule has 1 aromatic rings. The first-order valence-electron chi connectivity index (χ1n) is 4.38. The SMILES string of the molecule is Cc1ccc(O)c(CC(N)C(=O)O)c1F. The topological polar surface area (TPSA) is 83.5 Å². The summed E-state index contributed by atoms with van der Waals surface area (Å²) < 4.78 is 13.5. The number of hydrogen-bond donors (Lipinski definition) is 3. The fraction of sp³-hybridized carbons (Fsp3) is 0.300. The van der Waals surface area contributed by atoms with E-state index < -0.39 is 17.8 Å². The van der Waals surface area contributed by atoms with Gasteiger partial charge in [0, 0.05) is 12.0 Å². The van der Waals surface area contributed by atoms with Crippen molar-refractivity contribution in [3.8, 4) is 5.75 Å². The Hall–Kier alpha value is -1.62. The first-order valence-corrected chi connectivity index (χ1v) is 4.38. The summed E-state index contributed by atoms with van der Waals surface area (Å²) in [6.07, 6.45) is -0.228. The summed E-state index contributed by atoms with van der Waals surface area (Å²) in [6, 6.07) is 1.52. The summed E-state index contributed by atoms with van der Waals surface area (Å²) in [7, 11) is 0. The highest BCUT2D eigenvalue weighted by Gasteiger charge is 2.18. The van der Waals surface area contributed by atoms with Crippen molar-refractivity contribution in [2.24, 2.45) is 5.73 Å². The van der Waals surface area contributed by atoms with Crippen molar-refractivity contribution >= 4 is 5.97 Å².